The molecule has 0 aliphatic heterocycles. The van der Waals surface area contributed by atoms with Crippen LogP contribution >= 0.6 is 0 Å². The van der Waals surface area contributed by atoms with E-state index in [2.05, 4.69) is 0 Å². The van der Waals surface area contributed by atoms with Gasteiger partial charge in [0.25, 0.3) is 0 Å². The fraction of sp³-hybridized carbons (Fsp3) is 1.00. The van der Waals surface area contributed by atoms with E-state index in [1.165, 1.54) is 0 Å². The smallest absolute Gasteiger partial charge is 0.108 e. The Balaban J connectivity index is 3.68. The summed E-state index contributed by atoms with van der Waals surface area (Å²) in [5, 5.41) is 17.7. The SMILES string of the molecule is [B][C@@H](CC)O[C@@H](CO)C(C)O. The Morgan fingerprint density at radius 1 is 1.55 bits per heavy atom. The van der Waals surface area contributed by atoms with Crippen molar-refractivity contribution in [3.8, 4) is 0 Å². The van der Waals surface area contributed by atoms with E-state index in [-0.39, 0.29) is 6.61 Å². The summed E-state index contributed by atoms with van der Waals surface area (Å²) in [4.78, 5) is 0. The maximum atomic E-state index is 9.02. The molecule has 0 fully saturated rings. The molecule has 0 aliphatic carbocycles. The van der Waals surface area contributed by atoms with Crippen LogP contribution in [0.5, 0.6) is 0 Å². The molecule has 11 heavy (non-hydrogen) atoms. The van der Waals surface area contributed by atoms with Gasteiger partial charge in [-0.25, -0.2) is 0 Å². The average Bonchev–Trinajstić information content (AvgIpc) is 1.99. The van der Waals surface area contributed by atoms with E-state index in [1.54, 1.807) is 6.92 Å². The van der Waals surface area contributed by atoms with E-state index < -0.39 is 18.2 Å². The predicted octanol–water partition coefficient (Wildman–Crippen LogP) is -0.351. The molecule has 2 radical (unpaired) electrons. The molecule has 0 saturated heterocycles. The highest BCUT2D eigenvalue weighted by atomic mass is 16.5. The van der Waals surface area contributed by atoms with E-state index in [4.69, 9.17) is 22.8 Å². The normalized spacial score (nSPS) is 19.3. The molecule has 0 saturated carbocycles. The van der Waals surface area contributed by atoms with Crippen LogP contribution in [0.15, 0.2) is 0 Å². The van der Waals surface area contributed by atoms with Crippen molar-refractivity contribution in [1.82, 2.24) is 0 Å². The van der Waals surface area contributed by atoms with Crippen molar-refractivity contribution in [3.05, 3.63) is 0 Å². The van der Waals surface area contributed by atoms with Gasteiger partial charge in [0.1, 0.15) is 14.0 Å². The molecule has 3 atom stereocenters. The van der Waals surface area contributed by atoms with Crippen molar-refractivity contribution in [2.75, 3.05) is 6.61 Å². The maximum Gasteiger partial charge on any atom is 0.108 e. The Morgan fingerprint density at radius 3 is 2.36 bits per heavy atom. The lowest BCUT2D eigenvalue weighted by atomic mass is 9.97. The van der Waals surface area contributed by atoms with Gasteiger partial charge in [-0.2, -0.15) is 0 Å². The summed E-state index contributed by atoms with van der Waals surface area (Å²) < 4.78 is 5.09. The summed E-state index contributed by atoms with van der Waals surface area (Å²) in [6.07, 6.45) is -0.578. The third kappa shape index (κ3) is 4.40. The van der Waals surface area contributed by atoms with Crippen LogP contribution in [0.2, 0.25) is 0 Å². The Morgan fingerprint density at radius 2 is 2.09 bits per heavy atom. The predicted molar refractivity (Wildman–Crippen MR) is 43.5 cm³/mol. The fourth-order valence-corrected chi connectivity index (χ4v) is 0.630. The van der Waals surface area contributed by atoms with Gasteiger partial charge in [0, 0.05) is 6.00 Å². The Labute approximate surface area is 68.8 Å². The lowest BCUT2D eigenvalue weighted by Gasteiger charge is -2.22. The molecule has 2 N–H and O–H groups in total. The van der Waals surface area contributed by atoms with Crippen LogP contribution in [-0.4, -0.2) is 42.9 Å². The second kappa shape index (κ2) is 5.58. The number of hydrogen-bond acceptors (Lipinski definition) is 3. The molecule has 1 unspecified atom stereocenters. The molecule has 3 nitrogen and oxygen atoms in total. The van der Waals surface area contributed by atoms with Gasteiger partial charge < -0.3 is 14.9 Å². The number of rotatable bonds is 5. The van der Waals surface area contributed by atoms with Crippen LogP contribution in [0.3, 0.4) is 0 Å². The highest BCUT2D eigenvalue weighted by Gasteiger charge is 2.15. The van der Waals surface area contributed by atoms with Crippen molar-refractivity contribution < 1.29 is 14.9 Å². The van der Waals surface area contributed by atoms with Gasteiger partial charge in [-0.1, -0.05) is 6.92 Å². The second-order valence-electron chi connectivity index (χ2n) is 2.54. The topological polar surface area (TPSA) is 49.7 Å². The van der Waals surface area contributed by atoms with Crippen molar-refractivity contribution >= 4 is 7.85 Å². The van der Waals surface area contributed by atoms with Gasteiger partial charge in [-0.15, -0.1) is 0 Å². The van der Waals surface area contributed by atoms with Gasteiger partial charge in [0.15, 0.2) is 0 Å². The Bertz CT molecular complexity index is 97.7. The summed E-state index contributed by atoms with van der Waals surface area (Å²) in [7, 11) is 5.44. The number of aliphatic hydroxyl groups is 2. The quantitative estimate of drug-likeness (QED) is 0.537. The van der Waals surface area contributed by atoms with Gasteiger partial charge in [0.05, 0.1) is 12.7 Å². The molecule has 0 aliphatic rings. The van der Waals surface area contributed by atoms with E-state index in [0.29, 0.717) is 6.42 Å². The Hall–Kier alpha value is -0.0551. The van der Waals surface area contributed by atoms with Crippen LogP contribution < -0.4 is 0 Å². The third-order valence-corrected chi connectivity index (χ3v) is 1.47. The molecule has 0 aromatic rings. The summed E-state index contributed by atoms with van der Waals surface area (Å²) >= 11 is 0. The molecule has 0 heterocycles. The largest absolute Gasteiger partial charge is 0.394 e. The lowest BCUT2D eigenvalue weighted by Crippen LogP contribution is -2.34. The van der Waals surface area contributed by atoms with Crippen molar-refractivity contribution in [2.45, 2.75) is 38.5 Å². The summed E-state index contributed by atoms with van der Waals surface area (Å²) in [5.74, 6) is 0. The maximum absolute atomic E-state index is 9.02. The van der Waals surface area contributed by atoms with Gasteiger partial charge in [-0.3, -0.25) is 0 Å². The monoisotopic (exact) mass is 158 g/mol. The molecular weight excluding hydrogens is 143 g/mol. The first-order valence-corrected chi connectivity index (χ1v) is 3.81. The summed E-state index contributed by atoms with van der Waals surface area (Å²) in [5.41, 5.74) is 0. The number of hydrogen-bond donors (Lipinski definition) is 2. The standard InChI is InChI=1S/C7H15BO3/c1-3-7(8)11-6(4-9)5(2)10/h5-7,9-10H,3-4H2,1-2H3/t5?,6-,7+/m0/s1. The van der Waals surface area contributed by atoms with E-state index >= 15 is 0 Å². The van der Waals surface area contributed by atoms with E-state index in [0.717, 1.165) is 0 Å². The molecule has 0 aromatic heterocycles. The minimum Gasteiger partial charge on any atom is -0.394 e. The van der Waals surface area contributed by atoms with E-state index in [9.17, 15) is 0 Å². The molecule has 0 rings (SSSR count). The van der Waals surface area contributed by atoms with Crippen LogP contribution in [0.4, 0.5) is 0 Å². The van der Waals surface area contributed by atoms with Gasteiger partial charge >= 0.3 is 0 Å². The van der Waals surface area contributed by atoms with E-state index in [1.807, 2.05) is 6.92 Å². The molecule has 0 aromatic carbocycles. The zero-order chi connectivity index (χ0) is 8.85. The number of aliphatic hydroxyl groups excluding tert-OH is 2. The molecule has 64 valence electrons. The van der Waals surface area contributed by atoms with Crippen LogP contribution in [0.25, 0.3) is 0 Å². The summed E-state index contributed by atoms with van der Waals surface area (Å²) in [6, 6.07) is -0.401. The summed E-state index contributed by atoms with van der Waals surface area (Å²) in [6.45, 7) is 3.23. The fourth-order valence-electron chi connectivity index (χ4n) is 0.630. The first kappa shape index (κ1) is 10.9. The average molecular weight is 158 g/mol. The van der Waals surface area contributed by atoms with Crippen molar-refractivity contribution in [1.29, 1.82) is 0 Å². The van der Waals surface area contributed by atoms with Crippen molar-refractivity contribution in [3.63, 3.8) is 0 Å². The van der Waals surface area contributed by atoms with Crippen LogP contribution in [-0.2, 0) is 4.74 Å². The highest BCUT2D eigenvalue weighted by molar-refractivity contribution is 6.10. The third-order valence-electron chi connectivity index (χ3n) is 1.47. The van der Waals surface area contributed by atoms with Crippen LogP contribution in [0, 0.1) is 0 Å². The molecule has 4 heteroatoms. The Kier molecular flexibility index (Phi) is 5.55. The second-order valence-corrected chi connectivity index (χ2v) is 2.54. The zero-order valence-corrected chi connectivity index (χ0v) is 7.03. The minimum atomic E-state index is -0.683. The minimum absolute atomic E-state index is 0.203. The van der Waals surface area contributed by atoms with Gasteiger partial charge in [-0.05, 0) is 13.3 Å². The molecule has 0 amide bonds. The molecular formula is C7H15BO3. The lowest BCUT2D eigenvalue weighted by molar-refractivity contribution is -0.0689. The van der Waals surface area contributed by atoms with Gasteiger partial charge in [0.2, 0.25) is 0 Å². The first-order chi connectivity index (χ1) is 5.11. The molecule has 0 spiro atoms. The van der Waals surface area contributed by atoms with Crippen LogP contribution in [0.1, 0.15) is 20.3 Å². The zero-order valence-electron chi connectivity index (χ0n) is 7.03. The first-order valence-electron chi connectivity index (χ1n) is 3.81. The molecule has 0 bridgehead atoms. The van der Waals surface area contributed by atoms with Crippen molar-refractivity contribution in [2.24, 2.45) is 0 Å². The highest BCUT2D eigenvalue weighted by Crippen LogP contribution is 2.03. The number of ether oxygens (including phenoxy) is 1.